The number of rotatable bonds is 22. The van der Waals surface area contributed by atoms with Crippen LogP contribution in [0.3, 0.4) is 0 Å². The second-order valence-corrected chi connectivity index (χ2v) is 14.6. The molecule has 0 aromatic heterocycles. The van der Waals surface area contributed by atoms with Gasteiger partial charge in [0.25, 0.3) is 0 Å². The second kappa shape index (κ2) is 20.9. The van der Waals surface area contributed by atoms with Crippen molar-refractivity contribution in [1.82, 2.24) is 0 Å². The van der Waals surface area contributed by atoms with Crippen LogP contribution in [0.15, 0.2) is 97.1 Å². The molecule has 0 aliphatic heterocycles. The summed E-state index contributed by atoms with van der Waals surface area (Å²) in [7, 11) is 0. The highest BCUT2D eigenvalue weighted by Crippen LogP contribution is 2.45. The highest BCUT2D eigenvalue weighted by molar-refractivity contribution is 5.50. The van der Waals surface area contributed by atoms with E-state index >= 15 is 0 Å². The van der Waals surface area contributed by atoms with Gasteiger partial charge in [-0.15, -0.1) is 0 Å². The minimum absolute atomic E-state index is 0.224. The molecule has 0 aliphatic rings. The number of benzene rings is 4. The molecule has 0 heterocycles. The molecule has 0 spiro atoms. The summed E-state index contributed by atoms with van der Waals surface area (Å²) in [4.78, 5) is 0. The highest BCUT2D eigenvalue weighted by Gasteiger charge is 2.27. The van der Waals surface area contributed by atoms with Crippen LogP contribution in [0.4, 0.5) is 0 Å². The number of aromatic hydroxyl groups is 2. The predicted molar refractivity (Wildman–Crippen MR) is 210 cm³/mol. The van der Waals surface area contributed by atoms with Gasteiger partial charge in [-0.2, -0.15) is 0 Å². The average Bonchev–Trinajstić information content (AvgIpc) is 3.13. The maximum atomic E-state index is 11.9. The lowest BCUT2D eigenvalue weighted by atomic mass is 9.77. The fourth-order valence-corrected chi connectivity index (χ4v) is 7.93. The summed E-state index contributed by atoms with van der Waals surface area (Å²) in [6.07, 6.45) is 17.7. The lowest BCUT2D eigenvalue weighted by molar-refractivity contribution is 0.427. The van der Waals surface area contributed by atoms with E-state index in [1.54, 1.807) is 0 Å². The van der Waals surface area contributed by atoms with Gasteiger partial charge in [0.05, 0.1) is 0 Å². The molecule has 0 bridgehead atoms. The molecule has 0 saturated carbocycles. The molecule has 2 heteroatoms. The van der Waals surface area contributed by atoms with Crippen molar-refractivity contribution in [2.45, 2.75) is 148 Å². The van der Waals surface area contributed by atoms with Crippen molar-refractivity contribution in [1.29, 1.82) is 0 Å². The Bertz CT molecular complexity index is 1360. The molecule has 0 fully saturated rings. The van der Waals surface area contributed by atoms with Crippen molar-refractivity contribution in [3.05, 3.63) is 130 Å². The third-order valence-electron chi connectivity index (χ3n) is 11.1. The fraction of sp³-hybridized carbons (Fsp3) is 0.489. The van der Waals surface area contributed by atoms with Crippen molar-refractivity contribution >= 4 is 0 Å². The van der Waals surface area contributed by atoms with Gasteiger partial charge in [0.15, 0.2) is 0 Å². The molecule has 2 nitrogen and oxygen atoms in total. The van der Waals surface area contributed by atoms with Gasteiger partial charge in [-0.05, 0) is 69.9 Å². The highest BCUT2D eigenvalue weighted by atomic mass is 16.3. The number of para-hydroxylation sites is 2. The number of phenols is 2. The molecule has 0 aliphatic carbocycles. The number of phenolic OH excluding ortho intramolecular Hbond substituents is 2. The summed E-state index contributed by atoms with van der Waals surface area (Å²) >= 11 is 0. The molecule has 0 saturated heterocycles. The lowest BCUT2D eigenvalue weighted by Gasteiger charge is -2.27. The Morgan fingerprint density at radius 2 is 0.796 bits per heavy atom. The molecule has 264 valence electrons. The van der Waals surface area contributed by atoms with Gasteiger partial charge in [-0.25, -0.2) is 0 Å². The summed E-state index contributed by atoms with van der Waals surface area (Å²) in [5.41, 5.74) is 6.49. The van der Waals surface area contributed by atoms with E-state index in [4.69, 9.17) is 0 Å². The first kappa shape index (κ1) is 38.3. The quantitative estimate of drug-likeness (QED) is 0.0824. The van der Waals surface area contributed by atoms with Gasteiger partial charge < -0.3 is 10.2 Å². The summed E-state index contributed by atoms with van der Waals surface area (Å²) in [6, 6.07) is 34.1. The zero-order chi connectivity index (χ0) is 34.8. The minimum Gasteiger partial charge on any atom is -0.507 e. The molecular formula is C47H64O2. The van der Waals surface area contributed by atoms with Crippen LogP contribution in [-0.2, 0) is 6.42 Å². The molecule has 4 unspecified atom stereocenters. The molecule has 4 aromatic rings. The van der Waals surface area contributed by atoms with Crippen LogP contribution in [0.5, 0.6) is 11.5 Å². The normalized spacial score (nSPS) is 14.0. The van der Waals surface area contributed by atoms with Crippen molar-refractivity contribution in [2.24, 2.45) is 0 Å². The van der Waals surface area contributed by atoms with Gasteiger partial charge in [0, 0.05) is 6.42 Å². The molecule has 4 aromatic carbocycles. The van der Waals surface area contributed by atoms with E-state index in [0.717, 1.165) is 47.9 Å². The summed E-state index contributed by atoms with van der Waals surface area (Å²) in [6.45, 7) is 9.17. The number of unbranched alkanes of at least 4 members (excludes halogenated alkanes) is 10. The Hall–Kier alpha value is -3.52. The van der Waals surface area contributed by atoms with E-state index in [9.17, 15) is 10.2 Å². The van der Waals surface area contributed by atoms with Crippen LogP contribution < -0.4 is 0 Å². The third kappa shape index (κ3) is 11.2. The molecule has 4 rings (SSSR count). The largest absolute Gasteiger partial charge is 0.507 e. The summed E-state index contributed by atoms with van der Waals surface area (Å²) in [5, 5.41) is 23.8. The fourth-order valence-electron chi connectivity index (χ4n) is 7.93. The van der Waals surface area contributed by atoms with E-state index in [2.05, 4.69) is 113 Å². The SMILES string of the molecule is CCCCCCCCC(c1cccc(Cc2cccc(C(CCCCCCCC)C(C)c3ccccc3)c2O)c1O)C(C)c1ccccc1. The maximum absolute atomic E-state index is 11.9. The summed E-state index contributed by atoms with van der Waals surface area (Å²) < 4.78 is 0. The van der Waals surface area contributed by atoms with Crippen molar-refractivity contribution < 1.29 is 10.2 Å². The Kier molecular flexibility index (Phi) is 16.3. The van der Waals surface area contributed by atoms with Gasteiger partial charge in [-0.3, -0.25) is 0 Å². The van der Waals surface area contributed by atoms with Crippen molar-refractivity contribution in [3.8, 4) is 11.5 Å². The third-order valence-corrected chi connectivity index (χ3v) is 11.1. The lowest BCUT2D eigenvalue weighted by Crippen LogP contribution is -2.11. The van der Waals surface area contributed by atoms with Crippen LogP contribution in [0, 0.1) is 0 Å². The Morgan fingerprint density at radius 1 is 0.429 bits per heavy atom. The predicted octanol–water partition coefficient (Wildman–Crippen LogP) is 14.0. The zero-order valence-corrected chi connectivity index (χ0v) is 31.0. The van der Waals surface area contributed by atoms with E-state index in [-0.39, 0.29) is 23.7 Å². The van der Waals surface area contributed by atoms with Crippen LogP contribution in [-0.4, -0.2) is 10.2 Å². The van der Waals surface area contributed by atoms with Gasteiger partial charge >= 0.3 is 0 Å². The van der Waals surface area contributed by atoms with Crippen LogP contribution in [0.2, 0.25) is 0 Å². The number of hydrogen-bond donors (Lipinski definition) is 2. The average molecular weight is 661 g/mol. The molecule has 0 radical (unpaired) electrons. The molecular weight excluding hydrogens is 597 g/mol. The second-order valence-electron chi connectivity index (χ2n) is 14.6. The first-order chi connectivity index (χ1) is 24.0. The molecule has 49 heavy (non-hydrogen) atoms. The van der Waals surface area contributed by atoms with E-state index < -0.39 is 0 Å². The smallest absolute Gasteiger partial charge is 0.122 e. The number of hydrogen-bond acceptors (Lipinski definition) is 2. The van der Waals surface area contributed by atoms with E-state index in [1.165, 1.54) is 75.3 Å². The van der Waals surface area contributed by atoms with Gasteiger partial charge in [-0.1, -0.05) is 202 Å². The molecule has 2 N–H and O–H groups in total. The Morgan fingerprint density at radius 3 is 1.18 bits per heavy atom. The van der Waals surface area contributed by atoms with Crippen LogP contribution in [0.25, 0.3) is 0 Å². The molecule has 0 amide bonds. The first-order valence-electron chi connectivity index (χ1n) is 19.7. The van der Waals surface area contributed by atoms with Crippen molar-refractivity contribution in [2.75, 3.05) is 0 Å². The standard InChI is InChI=1S/C47H64O2/c1-5-7-9-11-13-21-31-42(36(3)38-25-17-15-18-26-38)44-33-23-29-40(46(44)48)35-41-30-24-34-45(47(41)49)43(32-22-14-12-10-8-6-2)37(4)39-27-19-16-20-28-39/h15-20,23-30,33-34,36-37,42-43,48-49H,5-14,21-22,31-32,35H2,1-4H3. The maximum Gasteiger partial charge on any atom is 0.122 e. The van der Waals surface area contributed by atoms with Crippen molar-refractivity contribution in [3.63, 3.8) is 0 Å². The monoisotopic (exact) mass is 660 g/mol. The Balaban J connectivity index is 1.59. The zero-order valence-electron chi connectivity index (χ0n) is 31.0. The van der Waals surface area contributed by atoms with Crippen LogP contribution in [0.1, 0.15) is 175 Å². The van der Waals surface area contributed by atoms with Gasteiger partial charge in [0.1, 0.15) is 11.5 Å². The topological polar surface area (TPSA) is 40.5 Å². The first-order valence-corrected chi connectivity index (χ1v) is 19.7. The minimum atomic E-state index is 0.224. The molecule has 4 atom stereocenters. The van der Waals surface area contributed by atoms with Gasteiger partial charge in [0.2, 0.25) is 0 Å². The van der Waals surface area contributed by atoms with E-state index in [0.29, 0.717) is 17.9 Å². The van der Waals surface area contributed by atoms with Crippen LogP contribution >= 0.6 is 0 Å². The summed E-state index contributed by atoms with van der Waals surface area (Å²) in [5.74, 6) is 1.82. The van der Waals surface area contributed by atoms with E-state index in [1.807, 2.05) is 12.1 Å². The Labute approximate surface area is 299 Å².